The van der Waals surface area contributed by atoms with Crippen molar-refractivity contribution in [1.29, 1.82) is 0 Å². The average molecular weight is 569 g/mol. The lowest BCUT2D eigenvalue weighted by atomic mass is 10.0. The van der Waals surface area contributed by atoms with Crippen LogP contribution in [0, 0.1) is 27.7 Å². The summed E-state index contributed by atoms with van der Waals surface area (Å²) in [5.74, 6) is -0.423. The van der Waals surface area contributed by atoms with Gasteiger partial charge in [-0.1, -0.05) is 0 Å². The summed E-state index contributed by atoms with van der Waals surface area (Å²) in [6.45, 7) is 12.7. The summed E-state index contributed by atoms with van der Waals surface area (Å²) in [5.41, 5.74) is 10.5. The molecule has 1 aliphatic rings. The van der Waals surface area contributed by atoms with E-state index in [9.17, 15) is 9.59 Å². The number of esters is 2. The predicted octanol–water partition coefficient (Wildman–Crippen LogP) is 2.85. The van der Waals surface area contributed by atoms with E-state index in [1.54, 1.807) is 0 Å². The van der Waals surface area contributed by atoms with Gasteiger partial charge in [0.25, 0.3) is 0 Å². The lowest BCUT2D eigenvalue weighted by Crippen LogP contribution is -2.14. The summed E-state index contributed by atoms with van der Waals surface area (Å²) in [6.07, 6.45) is 10.2. The van der Waals surface area contributed by atoms with Crippen LogP contribution in [-0.2, 0) is 31.9 Å². The van der Waals surface area contributed by atoms with Crippen molar-refractivity contribution in [3.8, 4) is 0 Å². The molecule has 8 heteroatoms. The minimum absolute atomic E-state index is 0.212. The van der Waals surface area contributed by atoms with E-state index in [4.69, 9.17) is 9.47 Å². The number of carbonyl (C=O) groups excluding carboxylic acids is 2. The summed E-state index contributed by atoms with van der Waals surface area (Å²) in [7, 11) is 0. The summed E-state index contributed by atoms with van der Waals surface area (Å²) in [4.78, 5) is 39.0. The van der Waals surface area contributed by atoms with Gasteiger partial charge in [0.05, 0.1) is 13.2 Å². The first-order chi connectivity index (χ1) is 20.2. The number of H-pyrrole nitrogens is 4. The molecule has 0 saturated carbocycles. The maximum absolute atomic E-state index is 12.3. The molecule has 4 N–H and O–H groups in total. The molecule has 0 aromatic carbocycles. The normalized spacial score (nSPS) is 15.4. The Morgan fingerprint density at radius 2 is 1.29 bits per heavy atom. The molecule has 42 heavy (non-hydrogen) atoms. The van der Waals surface area contributed by atoms with Gasteiger partial charge in [-0.05, 0) is 124 Å². The number of fused-ring (bicyclic) bond motifs is 8. The summed E-state index contributed by atoms with van der Waals surface area (Å²) in [6, 6.07) is 4.29. The Labute approximate surface area is 245 Å². The number of carbonyl (C=O) groups is 2. The van der Waals surface area contributed by atoms with E-state index in [0.717, 1.165) is 77.6 Å². The number of ether oxygens (including phenoxy) is 2. The summed E-state index contributed by atoms with van der Waals surface area (Å²) in [5, 5.41) is 3.93. The van der Waals surface area contributed by atoms with Crippen LogP contribution >= 0.6 is 0 Å². The molecule has 0 aliphatic carbocycles. The molecule has 0 atom stereocenters. The Balaban J connectivity index is 1.76. The van der Waals surface area contributed by atoms with Crippen molar-refractivity contribution in [1.82, 2.24) is 19.9 Å². The standard InChI is InChI=1S/C34H40N4O4/c1-7-41-33(39)11-9-25-21(5)29-16-24-13-19(3)27(35-24)15-23-14-20(4)28(36-23)17-30-22(6)26(10-12-34(40)42-8-2)32(38-30)18-31(25)37-29/h13-18,35-38H,7-12H2,1-6H3/b23-15-,24-16?,27-15?,28-17-,29-16-,30-17?,31-18-,32-18?. The monoisotopic (exact) mass is 568 g/mol. The maximum atomic E-state index is 12.3. The van der Waals surface area contributed by atoms with E-state index < -0.39 is 0 Å². The average Bonchev–Trinajstić information content (AvgIpc) is 3.63. The van der Waals surface area contributed by atoms with Gasteiger partial charge in [0.2, 0.25) is 0 Å². The highest BCUT2D eigenvalue weighted by Crippen LogP contribution is 2.22. The van der Waals surface area contributed by atoms with Gasteiger partial charge >= 0.3 is 11.9 Å². The lowest BCUT2D eigenvalue weighted by molar-refractivity contribution is -0.144. The van der Waals surface area contributed by atoms with Crippen molar-refractivity contribution in [2.24, 2.45) is 0 Å². The SMILES string of the molecule is CCOC(=O)CCc1c2[nH]c(c1C)/C=c1\[nH]/c(cc1C)=C\c1[nH]c(cc1C)/C=c1\[nH]/c(c(CCC(=O)OCC)c1C)=C\2. The van der Waals surface area contributed by atoms with E-state index in [0.29, 0.717) is 38.9 Å². The van der Waals surface area contributed by atoms with Crippen molar-refractivity contribution in [3.05, 3.63) is 89.7 Å². The largest absolute Gasteiger partial charge is 0.466 e. The molecule has 0 saturated heterocycles. The van der Waals surface area contributed by atoms with Crippen LogP contribution in [-0.4, -0.2) is 45.1 Å². The van der Waals surface area contributed by atoms with Crippen LogP contribution in [0.5, 0.6) is 0 Å². The van der Waals surface area contributed by atoms with E-state index in [1.807, 2.05) is 13.8 Å². The smallest absolute Gasteiger partial charge is 0.306 e. The molecule has 5 heterocycles. The van der Waals surface area contributed by atoms with E-state index in [1.165, 1.54) is 0 Å². The van der Waals surface area contributed by atoms with Crippen LogP contribution in [0.15, 0.2) is 12.1 Å². The van der Waals surface area contributed by atoms with E-state index >= 15 is 0 Å². The van der Waals surface area contributed by atoms with Crippen molar-refractivity contribution < 1.29 is 19.1 Å². The number of hydrogen-bond acceptors (Lipinski definition) is 4. The van der Waals surface area contributed by atoms with Crippen LogP contribution in [0.1, 0.15) is 82.8 Å². The van der Waals surface area contributed by atoms with Gasteiger partial charge in [-0.15, -0.1) is 0 Å². The van der Waals surface area contributed by atoms with Crippen molar-refractivity contribution in [3.63, 3.8) is 0 Å². The molecule has 8 nitrogen and oxygen atoms in total. The second-order valence-electron chi connectivity index (χ2n) is 10.9. The molecule has 1 aliphatic heterocycles. The number of aromatic nitrogens is 4. The molecule has 0 amide bonds. The number of rotatable bonds is 8. The van der Waals surface area contributed by atoms with Crippen LogP contribution in [0.3, 0.4) is 0 Å². The fourth-order valence-corrected chi connectivity index (χ4v) is 5.71. The fourth-order valence-electron chi connectivity index (χ4n) is 5.71. The highest BCUT2D eigenvalue weighted by molar-refractivity contribution is 5.71. The van der Waals surface area contributed by atoms with E-state index in [-0.39, 0.29) is 11.9 Å². The second kappa shape index (κ2) is 12.2. The first-order valence-corrected chi connectivity index (χ1v) is 14.7. The molecule has 220 valence electrons. The molecule has 5 rings (SSSR count). The van der Waals surface area contributed by atoms with Crippen molar-refractivity contribution >= 4 is 36.2 Å². The van der Waals surface area contributed by atoms with E-state index in [2.05, 4.69) is 84.1 Å². The van der Waals surface area contributed by atoms with Crippen LogP contribution < -0.4 is 21.4 Å². The van der Waals surface area contributed by atoms with Gasteiger partial charge in [0, 0.05) is 57.0 Å². The Morgan fingerprint density at radius 3 is 1.98 bits per heavy atom. The van der Waals surface area contributed by atoms with Crippen LogP contribution in [0.25, 0.3) is 24.3 Å². The number of nitrogens with one attached hydrogen (secondary N) is 4. The molecule has 4 aromatic rings. The highest BCUT2D eigenvalue weighted by atomic mass is 16.5. The van der Waals surface area contributed by atoms with Crippen molar-refractivity contribution in [2.75, 3.05) is 13.2 Å². The highest BCUT2D eigenvalue weighted by Gasteiger charge is 2.16. The quantitative estimate of drug-likeness (QED) is 0.216. The Morgan fingerprint density at radius 1 is 0.619 bits per heavy atom. The second-order valence-corrected chi connectivity index (χ2v) is 10.9. The minimum atomic E-state index is -0.212. The maximum Gasteiger partial charge on any atom is 0.306 e. The van der Waals surface area contributed by atoms with Gasteiger partial charge in [-0.3, -0.25) is 9.59 Å². The topological polar surface area (TPSA) is 116 Å². The number of aryl methyl sites for hydroxylation is 2. The molecular weight excluding hydrogens is 528 g/mol. The van der Waals surface area contributed by atoms with Crippen molar-refractivity contribution in [2.45, 2.75) is 67.2 Å². The third kappa shape index (κ3) is 6.08. The zero-order valence-electron chi connectivity index (χ0n) is 25.3. The fraction of sp³-hybridized carbons (Fsp3) is 0.353. The van der Waals surface area contributed by atoms with Gasteiger partial charge < -0.3 is 29.4 Å². The Bertz CT molecular complexity index is 1890. The van der Waals surface area contributed by atoms with Gasteiger partial charge in [0.1, 0.15) is 0 Å². The summed E-state index contributed by atoms with van der Waals surface area (Å²) >= 11 is 0. The Kier molecular flexibility index (Phi) is 8.43. The predicted molar refractivity (Wildman–Crippen MR) is 165 cm³/mol. The van der Waals surface area contributed by atoms with Crippen LogP contribution in [0.2, 0.25) is 0 Å². The molecule has 0 radical (unpaired) electrons. The molecule has 0 unspecified atom stereocenters. The summed E-state index contributed by atoms with van der Waals surface area (Å²) < 4.78 is 10.5. The van der Waals surface area contributed by atoms with Gasteiger partial charge in [-0.25, -0.2) is 0 Å². The molecular formula is C34H40N4O4. The van der Waals surface area contributed by atoms with Gasteiger partial charge in [0.15, 0.2) is 0 Å². The third-order valence-corrected chi connectivity index (χ3v) is 8.00. The number of aromatic amines is 4. The zero-order valence-corrected chi connectivity index (χ0v) is 25.3. The first kappa shape index (κ1) is 29.0. The molecule has 0 fully saturated rings. The minimum Gasteiger partial charge on any atom is -0.466 e. The molecule has 4 aromatic heterocycles. The Hall–Kier alpha value is -4.46. The molecule has 0 spiro atoms. The zero-order chi connectivity index (χ0) is 30.0. The first-order valence-electron chi connectivity index (χ1n) is 14.7. The van der Waals surface area contributed by atoms with Crippen LogP contribution in [0.4, 0.5) is 0 Å². The lowest BCUT2D eigenvalue weighted by Gasteiger charge is -2.04. The number of hydrogen-bond donors (Lipinski definition) is 4. The van der Waals surface area contributed by atoms with Gasteiger partial charge in [-0.2, -0.15) is 0 Å². The third-order valence-electron chi connectivity index (χ3n) is 8.00. The molecule has 8 bridgehead atoms.